The Balaban J connectivity index is 1.36. The Morgan fingerprint density at radius 3 is 2.38 bits per heavy atom. The zero-order valence-corrected chi connectivity index (χ0v) is 15.7. The van der Waals surface area contributed by atoms with Gasteiger partial charge in [0.2, 0.25) is 0 Å². The second-order valence-corrected chi connectivity index (χ2v) is 7.46. The van der Waals surface area contributed by atoms with Crippen LogP contribution in [0.15, 0.2) is 72.8 Å². The van der Waals surface area contributed by atoms with Crippen molar-refractivity contribution in [3.05, 3.63) is 78.4 Å². The quantitative estimate of drug-likeness (QED) is 0.622. The summed E-state index contributed by atoms with van der Waals surface area (Å²) >= 11 is 5.70. The standard InChI is InChI=1S/C23H24N2S/c26-23(24-22-12-6-10-20-9-4-5-11-21(20)22)25-15-13-19(14-16-25)17-18-7-2-1-3-8-18/h1-12,19H,13-17H2,(H,24,26). The molecule has 3 aromatic rings. The molecular weight excluding hydrogens is 336 g/mol. The van der Waals surface area contributed by atoms with Gasteiger partial charge in [-0.3, -0.25) is 0 Å². The van der Waals surface area contributed by atoms with Crippen molar-refractivity contribution in [1.29, 1.82) is 0 Å². The molecule has 1 heterocycles. The van der Waals surface area contributed by atoms with Gasteiger partial charge in [0.15, 0.2) is 5.11 Å². The van der Waals surface area contributed by atoms with Crippen molar-refractivity contribution in [2.45, 2.75) is 19.3 Å². The van der Waals surface area contributed by atoms with Gasteiger partial charge < -0.3 is 10.2 Å². The predicted octanol–water partition coefficient (Wildman–Crippen LogP) is 5.49. The Hall–Kier alpha value is -2.39. The van der Waals surface area contributed by atoms with Gasteiger partial charge in [0.05, 0.1) is 0 Å². The average Bonchev–Trinajstić information content (AvgIpc) is 2.70. The first-order chi connectivity index (χ1) is 12.8. The highest BCUT2D eigenvalue weighted by molar-refractivity contribution is 7.80. The summed E-state index contributed by atoms with van der Waals surface area (Å²) in [5.74, 6) is 0.758. The lowest BCUT2D eigenvalue weighted by Gasteiger charge is -2.34. The van der Waals surface area contributed by atoms with Crippen molar-refractivity contribution in [2.24, 2.45) is 5.92 Å². The average molecular weight is 361 g/mol. The number of piperidine rings is 1. The predicted molar refractivity (Wildman–Crippen MR) is 115 cm³/mol. The van der Waals surface area contributed by atoms with Crippen LogP contribution in [0.2, 0.25) is 0 Å². The van der Waals surface area contributed by atoms with Crippen molar-refractivity contribution >= 4 is 33.8 Å². The molecule has 1 N–H and O–H groups in total. The van der Waals surface area contributed by atoms with E-state index in [1.165, 1.54) is 35.6 Å². The molecule has 0 bridgehead atoms. The van der Waals surface area contributed by atoms with E-state index in [0.29, 0.717) is 0 Å². The lowest BCUT2D eigenvalue weighted by atomic mass is 9.90. The summed E-state index contributed by atoms with van der Waals surface area (Å²) in [6.45, 7) is 2.07. The summed E-state index contributed by atoms with van der Waals surface area (Å²) in [7, 11) is 0. The first kappa shape index (κ1) is 17.0. The summed E-state index contributed by atoms with van der Waals surface area (Å²) in [6.07, 6.45) is 3.58. The number of likely N-dealkylation sites (tertiary alicyclic amines) is 1. The number of fused-ring (bicyclic) bond motifs is 1. The third kappa shape index (κ3) is 3.88. The third-order valence-electron chi connectivity index (χ3n) is 5.30. The molecule has 1 saturated heterocycles. The van der Waals surface area contributed by atoms with Crippen molar-refractivity contribution < 1.29 is 0 Å². The second kappa shape index (κ2) is 7.88. The smallest absolute Gasteiger partial charge is 0.173 e. The highest BCUT2D eigenvalue weighted by Crippen LogP contribution is 2.25. The van der Waals surface area contributed by atoms with Crippen molar-refractivity contribution in [2.75, 3.05) is 18.4 Å². The molecule has 26 heavy (non-hydrogen) atoms. The maximum atomic E-state index is 5.70. The topological polar surface area (TPSA) is 15.3 Å². The third-order valence-corrected chi connectivity index (χ3v) is 5.66. The zero-order chi connectivity index (χ0) is 17.8. The van der Waals surface area contributed by atoms with Crippen molar-refractivity contribution in [1.82, 2.24) is 4.90 Å². The molecule has 1 fully saturated rings. The SMILES string of the molecule is S=C(Nc1cccc2ccccc12)N1CCC(Cc2ccccc2)CC1. The molecule has 2 nitrogen and oxygen atoms in total. The van der Waals surface area contributed by atoms with E-state index in [1.54, 1.807) is 0 Å². The van der Waals surface area contributed by atoms with Gasteiger partial charge >= 0.3 is 0 Å². The number of nitrogens with zero attached hydrogens (tertiary/aromatic N) is 1. The monoisotopic (exact) mass is 360 g/mol. The Morgan fingerprint density at radius 1 is 0.885 bits per heavy atom. The van der Waals surface area contributed by atoms with E-state index in [9.17, 15) is 0 Å². The van der Waals surface area contributed by atoms with Gasteiger partial charge in [0, 0.05) is 24.2 Å². The van der Waals surface area contributed by atoms with Gasteiger partial charge in [0.25, 0.3) is 0 Å². The number of anilines is 1. The molecule has 0 aromatic heterocycles. The fourth-order valence-electron chi connectivity index (χ4n) is 3.82. The first-order valence-corrected chi connectivity index (χ1v) is 9.78. The van der Waals surface area contributed by atoms with Crippen LogP contribution in [0.3, 0.4) is 0 Å². The molecule has 1 aliphatic rings. The maximum Gasteiger partial charge on any atom is 0.173 e. The molecule has 0 radical (unpaired) electrons. The summed E-state index contributed by atoms with van der Waals surface area (Å²) in [4.78, 5) is 2.32. The second-order valence-electron chi connectivity index (χ2n) is 7.08. The van der Waals surface area contributed by atoms with Gasteiger partial charge in [-0.2, -0.15) is 0 Å². The Morgan fingerprint density at radius 2 is 1.58 bits per heavy atom. The Labute approximate surface area is 160 Å². The first-order valence-electron chi connectivity index (χ1n) is 9.37. The molecular formula is C23H24N2S. The molecule has 132 valence electrons. The van der Waals surface area contributed by atoms with Crippen molar-refractivity contribution in [3.8, 4) is 0 Å². The van der Waals surface area contributed by atoms with E-state index >= 15 is 0 Å². The summed E-state index contributed by atoms with van der Waals surface area (Å²) < 4.78 is 0. The van der Waals surface area contributed by atoms with E-state index < -0.39 is 0 Å². The van der Waals surface area contributed by atoms with Crippen LogP contribution in [0, 0.1) is 5.92 Å². The van der Waals surface area contributed by atoms with Crippen LogP contribution in [-0.2, 0) is 6.42 Å². The molecule has 1 aliphatic heterocycles. The lowest BCUT2D eigenvalue weighted by Crippen LogP contribution is -2.41. The Kier molecular flexibility index (Phi) is 5.16. The number of benzene rings is 3. The van der Waals surface area contributed by atoms with E-state index in [0.717, 1.165) is 29.8 Å². The molecule has 3 aromatic carbocycles. The normalized spacial score (nSPS) is 15.2. The fourth-order valence-corrected chi connectivity index (χ4v) is 4.11. The van der Waals surface area contributed by atoms with Gasteiger partial charge in [-0.05, 0) is 54.4 Å². The van der Waals surface area contributed by atoms with E-state index in [-0.39, 0.29) is 0 Å². The van der Waals surface area contributed by atoms with E-state index in [1.807, 2.05) is 0 Å². The minimum atomic E-state index is 0.758. The molecule has 0 spiro atoms. The molecule has 0 atom stereocenters. The minimum absolute atomic E-state index is 0.758. The van der Waals surface area contributed by atoms with Gasteiger partial charge in [-0.25, -0.2) is 0 Å². The maximum absolute atomic E-state index is 5.70. The van der Waals surface area contributed by atoms with Gasteiger partial charge in [-0.1, -0.05) is 66.7 Å². The lowest BCUT2D eigenvalue weighted by molar-refractivity contribution is 0.268. The highest BCUT2D eigenvalue weighted by Gasteiger charge is 2.21. The van der Waals surface area contributed by atoms with Crippen molar-refractivity contribution in [3.63, 3.8) is 0 Å². The fraction of sp³-hybridized carbons (Fsp3) is 0.261. The van der Waals surface area contributed by atoms with E-state index in [2.05, 4.69) is 83.0 Å². The minimum Gasteiger partial charge on any atom is -0.349 e. The van der Waals surface area contributed by atoms with Gasteiger partial charge in [-0.15, -0.1) is 0 Å². The molecule has 3 heteroatoms. The molecule has 0 amide bonds. The van der Waals surface area contributed by atoms with E-state index in [4.69, 9.17) is 12.2 Å². The van der Waals surface area contributed by atoms with Crippen LogP contribution in [-0.4, -0.2) is 23.1 Å². The number of thiocarbonyl (C=S) groups is 1. The summed E-state index contributed by atoms with van der Waals surface area (Å²) in [5.41, 5.74) is 2.54. The van der Waals surface area contributed by atoms with Crippen LogP contribution in [0.1, 0.15) is 18.4 Å². The molecule has 0 unspecified atom stereocenters. The number of rotatable bonds is 3. The molecule has 0 aliphatic carbocycles. The van der Waals surface area contributed by atoms with Gasteiger partial charge in [0.1, 0.15) is 0 Å². The molecule has 0 saturated carbocycles. The largest absolute Gasteiger partial charge is 0.349 e. The summed E-state index contributed by atoms with van der Waals surface area (Å²) in [5, 5.41) is 6.78. The number of hydrogen-bond donors (Lipinski definition) is 1. The number of nitrogens with one attached hydrogen (secondary N) is 1. The van der Waals surface area contributed by atoms with Crippen LogP contribution < -0.4 is 5.32 Å². The van der Waals surface area contributed by atoms with Crippen LogP contribution >= 0.6 is 12.2 Å². The van der Waals surface area contributed by atoms with Crippen LogP contribution in [0.25, 0.3) is 10.8 Å². The summed E-state index contributed by atoms with van der Waals surface area (Å²) in [6, 6.07) is 25.6. The molecule has 4 rings (SSSR count). The van der Waals surface area contributed by atoms with Crippen LogP contribution in [0.5, 0.6) is 0 Å². The van der Waals surface area contributed by atoms with Crippen LogP contribution in [0.4, 0.5) is 5.69 Å². The number of hydrogen-bond acceptors (Lipinski definition) is 1. The zero-order valence-electron chi connectivity index (χ0n) is 14.9. The Bertz CT molecular complexity index is 878. The highest BCUT2D eigenvalue weighted by atomic mass is 32.1.